The smallest absolute Gasteiger partial charge is 0.400 e. The second-order valence-electron chi connectivity index (χ2n) is 4.29. The van der Waals surface area contributed by atoms with Crippen molar-refractivity contribution >= 4 is 24.0 Å². The zero-order valence-corrected chi connectivity index (χ0v) is 9.59. The fourth-order valence-corrected chi connectivity index (χ4v) is 1.19. The number of allylic oxidation sites excluding steroid dienone is 1. The van der Waals surface area contributed by atoms with Gasteiger partial charge in [-0.05, 0) is 51.3 Å². The quantitative estimate of drug-likeness (QED) is 0.402. The van der Waals surface area contributed by atoms with Gasteiger partial charge in [-0.3, -0.25) is 4.79 Å². The molecule has 0 aromatic heterocycles. The summed E-state index contributed by atoms with van der Waals surface area (Å²) in [4.78, 5) is 10.5. The Morgan fingerprint density at radius 2 is 1.64 bits per heavy atom. The molecule has 1 heterocycles. The van der Waals surface area contributed by atoms with Gasteiger partial charge in [0.05, 0.1) is 11.2 Å². The molecule has 0 aliphatic carbocycles. The molecule has 0 radical (unpaired) electrons. The Morgan fingerprint density at radius 1 is 1.21 bits per heavy atom. The Morgan fingerprint density at radius 3 is 2.00 bits per heavy atom. The molecule has 0 unspecified atom stereocenters. The molecule has 1 rings (SSSR count). The van der Waals surface area contributed by atoms with Crippen molar-refractivity contribution in [3.63, 3.8) is 0 Å². The van der Waals surface area contributed by atoms with E-state index in [2.05, 4.69) is 0 Å². The summed E-state index contributed by atoms with van der Waals surface area (Å²) in [6, 6.07) is 0. The van der Waals surface area contributed by atoms with Crippen molar-refractivity contribution < 1.29 is 14.1 Å². The Bertz CT molecular complexity index is 257. The van der Waals surface area contributed by atoms with E-state index in [1.165, 1.54) is 12.1 Å². The van der Waals surface area contributed by atoms with E-state index in [0.717, 1.165) is 0 Å². The molecule has 0 spiro atoms. The summed E-state index contributed by atoms with van der Waals surface area (Å²) in [7, 11) is -0.498. The molecule has 78 valence electrons. The predicted octanol–water partition coefficient (Wildman–Crippen LogP) is 1.94. The van der Waals surface area contributed by atoms with E-state index in [-0.39, 0.29) is 11.2 Å². The highest BCUT2D eigenvalue weighted by Crippen LogP contribution is 2.36. The summed E-state index contributed by atoms with van der Waals surface area (Å²) in [5, 5.41) is -0.528. The monoisotopic (exact) mass is 216 g/mol. The van der Waals surface area contributed by atoms with Crippen LogP contribution in [0.15, 0.2) is 12.1 Å². The fraction of sp³-hybridized carbons (Fsp3) is 0.667. The number of rotatable bonds is 2. The van der Waals surface area contributed by atoms with Crippen molar-refractivity contribution in [2.24, 2.45) is 0 Å². The third kappa shape index (κ3) is 2.38. The van der Waals surface area contributed by atoms with Crippen molar-refractivity contribution in [1.29, 1.82) is 0 Å². The zero-order valence-electron chi connectivity index (χ0n) is 8.83. The highest BCUT2D eigenvalue weighted by atomic mass is 35.5. The summed E-state index contributed by atoms with van der Waals surface area (Å²) in [5.41, 5.74) is -0.755. The van der Waals surface area contributed by atoms with Gasteiger partial charge in [0, 0.05) is 0 Å². The zero-order chi connectivity index (χ0) is 11.0. The molecule has 0 N–H and O–H groups in total. The highest BCUT2D eigenvalue weighted by Gasteiger charge is 2.50. The van der Waals surface area contributed by atoms with Gasteiger partial charge >= 0.3 is 7.12 Å². The number of halogens is 1. The van der Waals surface area contributed by atoms with Crippen molar-refractivity contribution in [3.05, 3.63) is 12.1 Å². The van der Waals surface area contributed by atoms with E-state index in [4.69, 9.17) is 20.9 Å². The molecule has 1 saturated heterocycles. The molecule has 1 aliphatic heterocycles. The SMILES string of the molecule is CC1(C)OB(/C=C/C(=O)Cl)OC1(C)C. The Hall–Kier alpha value is -0.315. The van der Waals surface area contributed by atoms with Crippen LogP contribution < -0.4 is 0 Å². The normalized spacial score (nSPS) is 24.5. The second kappa shape index (κ2) is 3.68. The van der Waals surface area contributed by atoms with Crippen molar-refractivity contribution in [2.45, 2.75) is 38.9 Å². The largest absolute Gasteiger partial charge is 0.487 e. The molecule has 1 aliphatic rings. The lowest BCUT2D eigenvalue weighted by atomic mass is 9.90. The van der Waals surface area contributed by atoms with Crippen molar-refractivity contribution in [2.75, 3.05) is 0 Å². The van der Waals surface area contributed by atoms with Gasteiger partial charge in [0.1, 0.15) is 0 Å². The maximum atomic E-state index is 10.5. The molecular formula is C9H14BClO3. The highest BCUT2D eigenvalue weighted by molar-refractivity contribution is 6.67. The summed E-state index contributed by atoms with van der Waals surface area (Å²) in [6.45, 7) is 7.79. The van der Waals surface area contributed by atoms with Crippen LogP contribution in [-0.2, 0) is 14.1 Å². The number of carbonyl (C=O) groups excluding carboxylic acids is 1. The van der Waals surface area contributed by atoms with Crippen molar-refractivity contribution in [1.82, 2.24) is 0 Å². The van der Waals surface area contributed by atoms with Crippen LogP contribution in [0.5, 0.6) is 0 Å². The van der Waals surface area contributed by atoms with Crippen LogP contribution in [0, 0.1) is 0 Å². The first-order valence-electron chi connectivity index (χ1n) is 4.48. The molecule has 1 fully saturated rings. The van der Waals surface area contributed by atoms with E-state index in [1.54, 1.807) is 0 Å². The van der Waals surface area contributed by atoms with Gasteiger partial charge < -0.3 is 9.31 Å². The van der Waals surface area contributed by atoms with Crippen LogP contribution in [-0.4, -0.2) is 23.6 Å². The Balaban J connectivity index is 2.69. The number of hydrogen-bond donors (Lipinski definition) is 0. The van der Waals surface area contributed by atoms with E-state index in [9.17, 15) is 4.79 Å². The molecule has 0 saturated carbocycles. The minimum absolute atomic E-state index is 0.378. The van der Waals surface area contributed by atoms with Crippen LogP contribution in [0.25, 0.3) is 0 Å². The fourth-order valence-electron chi connectivity index (χ4n) is 1.12. The Kier molecular flexibility index (Phi) is 3.09. The standard InChI is InChI=1S/C9H14BClO3/c1-8(2)9(3,4)14-10(13-8)6-5-7(11)12/h5-6H,1-4H3/b6-5+. The third-order valence-corrected chi connectivity index (χ3v) is 2.78. The van der Waals surface area contributed by atoms with E-state index < -0.39 is 12.4 Å². The van der Waals surface area contributed by atoms with Crippen LogP contribution in [0.4, 0.5) is 0 Å². The minimum Gasteiger partial charge on any atom is -0.400 e. The molecule has 5 heteroatoms. The first-order chi connectivity index (χ1) is 6.24. The van der Waals surface area contributed by atoms with Crippen LogP contribution in [0.1, 0.15) is 27.7 Å². The lowest BCUT2D eigenvalue weighted by Crippen LogP contribution is -2.41. The average Bonchev–Trinajstić information content (AvgIpc) is 2.17. The second-order valence-corrected chi connectivity index (χ2v) is 4.66. The summed E-state index contributed by atoms with van der Waals surface area (Å²) >= 11 is 5.16. The minimum atomic E-state index is -0.528. The maximum absolute atomic E-state index is 10.5. The predicted molar refractivity (Wildman–Crippen MR) is 56.1 cm³/mol. The molecule has 0 bridgehead atoms. The van der Waals surface area contributed by atoms with Gasteiger partial charge in [-0.25, -0.2) is 0 Å². The van der Waals surface area contributed by atoms with E-state index in [0.29, 0.717) is 0 Å². The topological polar surface area (TPSA) is 35.5 Å². The third-order valence-electron chi connectivity index (χ3n) is 2.66. The summed E-state index contributed by atoms with van der Waals surface area (Å²) in [5.74, 6) is 1.52. The lowest BCUT2D eigenvalue weighted by Gasteiger charge is -2.32. The Labute approximate surface area is 89.5 Å². The van der Waals surface area contributed by atoms with Crippen molar-refractivity contribution in [3.8, 4) is 0 Å². The molecule has 3 nitrogen and oxygen atoms in total. The summed E-state index contributed by atoms with van der Waals surface area (Å²) in [6.07, 6.45) is 1.24. The summed E-state index contributed by atoms with van der Waals surface area (Å²) < 4.78 is 11.2. The molecule has 0 amide bonds. The molecule has 0 aromatic rings. The maximum Gasteiger partial charge on any atom is 0.487 e. The lowest BCUT2D eigenvalue weighted by molar-refractivity contribution is -0.107. The molecule has 0 aromatic carbocycles. The molecule has 0 atom stereocenters. The van der Waals surface area contributed by atoms with Crippen LogP contribution in [0.3, 0.4) is 0 Å². The number of hydrogen-bond acceptors (Lipinski definition) is 3. The van der Waals surface area contributed by atoms with Gasteiger partial charge in [0.15, 0.2) is 0 Å². The van der Waals surface area contributed by atoms with Gasteiger partial charge in [-0.2, -0.15) is 0 Å². The first kappa shape index (κ1) is 11.8. The van der Waals surface area contributed by atoms with Gasteiger partial charge in [0.2, 0.25) is 5.24 Å². The van der Waals surface area contributed by atoms with Gasteiger partial charge in [-0.1, -0.05) is 0 Å². The first-order valence-corrected chi connectivity index (χ1v) is 4.86. The van der Waals surface area contributed by atoms with E-state index in [1.807, 2.05) is 27.7 Å². The molecule has 14 heavy (non-hydrogen) atoms. The van der Waals surface area contributed by atoms with Gasteiger partial charge in [-0.15, -0.1) is 0 Å². The average molecular weight is 216 g/mol. The molecular weight excluding hydrogens is 202 g/mol. The number of carbonyl (C=O) groups is 1. The van der Waals surface area contributed by atoms with Gasteiger partial charge in [0.25, 0.3) is 0 Å². The van der Waals surface area contributed by atoms with Crippen LogP contribution in [0.2, 0.25) is 0 Å². The van der Waals surface area contributed by atoms with E-state index >= 15 is 0 Å². The van der Waals surface area contributed by atoms with Crippen LogP contribution >= 0.6 is 11.6 Å².